The van der Waals surface area contributed by atoms with Crippen LogP contribution in [0.15, 0.2) is 28.7 Å². The number of piperazine rings is 1. The predicted octanol–water partition coefficient (Wildman–Crippen LogP) is 5.24. The van der Waals surface area contributed by atoms with Crippen LogP contribution in [0.3, 0.4) is 0 Å². The van der Waals surface area contributed by atoms with E-state index in [1.165, 1.54) is 49.8 Å². The van der Waals surface area contributed by atoms with E-state index in [4.69, 9.17) is 4.74 Å². The van der Waals surface area contributed by atoms with E-state index in [1.807, 2.05) is 6.07 Å². The van der Waals surface area contributed by atoms with Crippen LogP contribution >= 0.6 is 15.9 Å². The van der Waals surface area contributed by atoms with Crippen LogP contribution in [-0.4, -0.2) is 48.4 Å². The Morgan fingerprint density at radius 2 is 1.66 bits per heavy atom. The Hall–Kier alpha value is -1.89. The molecule has 178 valence electrons. The number of hydrogen-bond donors (Lipinski definition) is 1. The number of nitrogens with one attached hydrogen (secondary N) is 1. The predicted molar refractivity (Wildman–Crippen MR) is 129 cm³/mol. The fourth-order valence-electron chi connectivity index (χ4n) is 3.94. The zero-order valence-electron chi connectivity index (χ0n) is 19.2. The SMILES string of the molecule is CCCCCCCCCCCCOC(=O)CC1C(=O)NCCN1C(=O)c1ccccc1Br. The molecule has 1 aliphatic rings. The van der Waals surface area contributed by atoms with Gasteiger partial charge in [-0.2, -0.15) is 0 Å². The lowest BCUT2D eigenvalue weighted by Gasteiger charge is -2.34. The second-order valence-corrected chi connectivity index (χ2v) is 9.25. The summed E-state index contributed by atoms with van der Waals surface area (Å²) in [6.07, 6.45) is 12.0. The third-order valence-corrected chi connectivity index (χ3v) is 6.51. The highest BCUT2D eigenvalue weighted by molar-refractivity contribution is 9.10. The Kier molecular flexibility index (Phi) is 12.4. The van der Waals surface area contributed by atoms with E-state index in [0.29, 0.717) is 29.7 Å². The lowest BCUT2D eigenvalue weighted by molar-refractivity contribution is -0.147. The summed E-state index contributed by atoms with van der Waals surface area (Å²) in [6.45, 7) is 3.33. The van der Waals surface area contributed by atoms with Gasteiger partial charge in [-0.25, -0.2) is 0 Å². The molecule has 1 heterocycles. The van der Waals surface area contributed by atoms with E-state index in [2.05, 4.69) is 28.2 Å². The van der Waals surface area contributed by atoms with Gasteiger partial charge in [-0.05, 0) is 34.5 Å². The minimum absolute atomic E-state index is 0.125. The number of carbonyl (C=O) groups excluding carboxylic acids is 3. The van der Waals surface area contributed by atoms with E-state index in [-0.39, 0.29) is 18.2 Å². The van der Waals surface area contributed by atoms with Crippen molar-refractivity contribution < 1.29 is 19.1 Å². The summed E-state index contributed by atoms with van der Waals surface area (Å²) < 4.78 is 6.02. The molecule has 0 radical (unpaired) electrons. The topological polar surface area (TPSA) is 75.7 Å². The standard InChI is InChI=1S/C25H37BrN2O4/c1-2-3-4-5-6-7-8-9-10-13-18-32-23(29)19-22-24(30)27-16-17-28(22)25(31)20-14-11-12-15-21(20)26/h11-12,14-15,22H,2-10,13,16-19H2,1H3,(H,27,30). The van der Waals surface area contributed by atoms with Crippen molar-refractivity contribution >= 4 is 33.7 Å². The van der Waals surface area contributed by atoms with Crippen LogP contribution in [-0.2, 0) is 14.3 Å². The lowest BCUT2D eigenvalue weighted by Crippen LogP contribution is -2.57. The van der Waals surface area contributed by atoms with Crippen molar-refractivity contribution in [1.29, 1.82) is 0 Å². The second-order valence-electron chi connectivity index (χ2n) is 8.39. The normalized spacial score (nSPS) is 16.0. The maximum Gasteiger partial charge on any atom is 0.308 e. The van der Waals surface area contributed by atoms with Gasteiger partial charge in [-0.1, -0.05) is 76.8 Å². The number of amides is 2. The summed E-state index contributed by atoms with van der Waals surface area (Å²) in [5.74, 6) is -1.01. The largest absolute Gasteiger partial charge is 0.466 e. The summed E-state index contributed by atoms with van der Waals surface area (Å²) in [5, 5.41) is 2.75. The zero-order valence-corrected chi connectivity index (χ0v) is 20.8. The molecule has 0 aromatic heterocycles. The first-order chi connectivity index (χ1) is 15.5. The molecule has 0 saturated carbocycles. The monoisotopic (exact) mass is 508 g/mol. The summed E-state index contributed by atoms with van der Waals surface area (Å²) in [6, 6.07) is 6.25. The zero-order chi connectivity index (χ0) is 23.2. The molecule has 7 heteroatoms. The number of ether oxygens (including phenoxy) is 1. The molecular weight excluding hydrogens is 472 g/mol. The van der Waals surface area contributed by atoms with Crippen LogP contribution in [0, 0.1) is 0 Å². The summed E-state index contributed by atoms with van der Waals surface area (Å²) in [7, 11) is 0. The van der Waals surface area contributed by atoms with E-state index < -0.39 is 12.0 Å². The molecule has 1 fully saturated rings. The first kappa shape index (κ1) is 26.4. The van der Waals surface area contributed by atoms with Crippen molar-refractivity contribution in [3.8, 4) is 0 Å². The molecule has 1 N–H and O–H groups in total. The molecule has 1 atom stereocenters. The quantitative estimate of drug-likeness (QED) is 0.275. The average molecular weight is 509 g/mol. The minimum Gasteiger partial charge on any atom is -0.466 e. The Morgan fingerprint density at radius 1 is 1.03 bits per heavy atom. The third kappa shape index (κ3) is 8.93. The van der Waals surface area contributed by atoms with Crippen molar-refractivity contribution in [1.82, 2.24) is 10.2 Å². The van der Waals surface area contributed by atoms with Crippen LogP contribution in [0.2, 0.25) is 0 Å². The molecule has 2 amide bonds. The van der Waals surface area contributed by atoms with Gasteiger partial charge in [0.05, 0.1) is 18.6 Å². The first-order valence-corrected chi connectivity index (χ1v) is 12.8. The first-order valence-electron chi connectivity index (χ1n) is 12.0. The van der Waals surface area contributed by atoms with Gasteiger partial charge in [-0.3, -0.25) is 14.4 Å². The summed E-state index contributed by atoms with van der Waals surface area (Å²) in [4.78, 5) is 39.2. The van der Waals surface area contributed by atoms with Crippen molar-refractivity contribution in [3.63, 3.8) is 0 Å². The van der Waals surface area contributed by atoms with Crippen molar-refractivity contribution in [2.75, 3.05) is 19.7 Å². The number of nitrogens with zero attached hydrogens (tertiary/aromatic N) is 1. The Bertz CT molecular complexity index is 740. The highest BCUT2D eigenvalue weighted by Gasteiger charge is 2.36. The Morgan fingerprint density at radius 3 is 2.31 bits per heavy atom. The van der Waals surface area contributed by atoms with Crippen LogP contribution < -0.4 is 5.32 Å². The Balaban J connectivity index is 1.69. The van der Waals surface area contributed by atoms with Gasteiger partial charge in [-0.15, -0.1) is 0 Å². The van der Waals surface area contributed by atoms with E-state index in [1.54, 1.807) is 18.2 Å². The highest BCUT2D eigenvalue weighted by Crippen LogP contribution is 2.21. The molecule has 2 rings (SSSR count). The molecule has 1 aliphatic heterocycles. The van der Waals surface area contributed by atoms with Crippen molar-refractivity contribution in [3.05, 3.63) is 34.3 Å². The molecule has 32 heavy (non-hydrogen) atoms. The van der Waals surface area contributed by atoms with E-state index in [0.717, 1.165) is 19.3 Å². The maximum atomic E-state index is 13.0. The fourth-order valence-corrected chi connectivity index (χ4v) is 4.40. The highest BCUT2D eigenvalue weighted by atomic mass is 79.9. The van der Waals surface area contributed by atoms with Gasteiger partial charge in [0, 0.05) is 17.6 Å². The number of esters is 1. The molecule has 1 saturated heterocycles. The van der Waals surface area contributed by atoms with E-state index in [9.17, 15) is 14.4 Å². The molecule has 0 spiro atoms. The number of benzene rings is 1. The molecule has 1 aromatic carbocycles. The minimum atomic E-state index is -0.844. The average Bonchev–Trinajstić information content (AvgIpc) is 2.78. The van der Waals surface area contributed by atoms with E-state index >= 15 is 0 Å². The lowest BCUT2D eigenvalue weighted by atomic mass is 10.1. The number of rotatable bonds is 14. The molecule has 1 aromatic rings. The number of carbonyl (C=O) groups is 3. The summed E-state index contributed by atoms with van der Waals surface area (Å²) >= 11 is 3.39. The van der Waals surface area contributed by atoms with Crippen molar-refractivity contribution in [2.24, 2.45) is 0 Å². The molecule has 6 nitrogen and oxygen atoms in total. The molecule has 0 aliphatic carbocycles. The van der Waals surface area contributed by atoms with Crippen LogP contribution in [0.1, 0.15) is 87.9 Å². The van der Waals surface area contributed by atoms with Crippen LogP contribution in [0.5, 0.6) is 0 Å². The van der Waals surface area contributed by atoms with Crippen LogP contribution in [0.25, 0.3) is 0 Å². The van der Waals surface area contributed by atoms with Gasteiger partial charge in [0.2, 0.25) is 5.91 Å². The van der Waals surface area contributed by atoms with Crippen molar-refractivity contribution in [2.45, 2.75) is 83.6 Å². The second kappa shape index (κ2) is 15.0. The van der Waals surface area contributed by atoms with Gasteiger partial charge in [0.1, 0.15) is 6.04 Å². The van der Waals surface area contributed by atoms with Gasteiger partial charge in [0.15, 0.2) is 0 Å². The third-order valence-electron chi connectivity index (χ3n) is 5.82. The van der Waals surface area contributed by atoms with Gasteiger partial charge < -0.3 is 15.0 Å². The molecular formula is C25H37BrN2O4. The molecule has 1 unspecified atom stereocenters. The maximum absolute atomic E-state index is 13.0. The number of halogens is 1. The smallest absolute Gasteiger partial charge is 0.308 e. The number of hydrogen-bond acceptors (Lipinski definition) is 4. The Labute approximate surface area is 200 Å². The summed E-state index contributed by atoms with van der Waals surface area (Å²) in [5.41, 5.74) is 0.478. The number of unbranched alkanes of at least 4 members (excludes halogenated alkanes) is 9. The fraction of sp³-hybridized carbons (Fsp3) is 0.640. The van der Waals surface area contributed by atoms with Crippen LogP contribution in [0.4, 0.5) is 0 Å². The van der Waals surface area contributed by atoms with Gasteiger partial charge >= 0.3 is 5.97 Å². The molecule has 0 bridgehead atoms. The van der Waals surface area contributed by atoms with Gasteiger partial charge in [0.25, 0.3) is 5.91 Å².